The van der Waals surface area contributed by atoms with Gasteiger partial charge in [0.05, 0.1) is 4.92 Å². The third-order valence-corrected chi connectivity index (χ3v) is 4.12. The average molecular weight is 283 g/mol. The van der Waals surface area contributed by atoms with Crippen LogP contribution in [-0.4, -0.2) is 22.9 Å². The molecule has 0 atom stereocenters. The zero-order valence-corrected chi connectivity index (χ0v) is 11.9. The highest BCUT2D eigenvalue weighted by Crippen LogP contribution is 2.29. The van der Waals surface area contributed by atoms with Crippen molar-refractivity contribution in [3.8, 4) is 0 Å². The van der Waals surface area contributed by atoms with Crippen LogP contribution in [0.2, 0.25) is 5.02 Å². The number of nitro groups is 1. The van der Waals surface area contributed by atoms with E-state index in [0.717, 1.165) is 31.1 Å². The lowest BCUT2D eigenvalue weighted by Crippen LogP contribution is -2.32. The number of halogens is 1. The molecule has 0 radical (unpaired) electrons. The van der Waals surface area contributed by atoms with Gasteiger partial charge in [-0.25, -0.2) is 0 Å². The lowest BCUT2D eigenvalue weighted by atomic mass is 9.85. The molecule has 0 heterocycles. The van der Waals surface area contributed by atoms with Crippen LogP contribution in [0.5, 0.6) is 0 Å². The van der Waals surface area contributed by atoms with Crippen LogP contribution in [0.4, 0.5) is 5.69 Å². The zero-order valence-electron chi connectivity index (χ0n) is 11.1. The number of benzene rings is 1. The molecule has 0 saturated heterocycles. The molecular weight excluding hydrogens is 264 g/mol. The van der Waals surface area contributed by atoms with Crippen molar-refractivity contribution >= 4 is 17.3 Å². The summed E-state index contributed by atoms with van der Waals surface area (Å²) < 4.78 is 0. The van der Waals surface area contributed by atoms with Crippen LogP contribution >= 0.6 is 11.6 Å². The van der Waals surface area contributed by atoms with Gasteiger partial charge >= 0.3 is 0 Å². The molecule has 0 bridgehead atoms. The molecule has 0 aliphatic heterocycles. The van der Waals surface area contributed by atoms with Crippen molar-refractivity contribution in [2.45, 2.75) is 32.7 Å². The fraction of sp³-hybridized carbons (Fsp3) is 0.571. The standard InChI is InChI=1S/C14H19ClN2O2/c1-2-16(9-11-4-3-5-11)10-12-6-7-13(15)14(8-12)17(18)19/h6-8,11H,2-5,9-10H2,1H3. The van der Waals surface area contributed by atoms with Crippen LogP contribution in [0.15, 0.2) is 18.2 Å². The van der Waals surface area contributed by atoms with Crippen molar-refractivity contribution in [1.82, 2.24) is 4.90 Å². The number of nitrogens with zero attached hydrogens (tertiary/aromatic N) is 2. The molecular formula is C14H19ClN2O2. The van der Waals surface area contributed by atoms with E-state index in [1.807, 2.05) is 6.07 Å². The Labute approximate surface area is 118 Å². The van der Waals surface area contributed by atoms with Crippen LogP contribution in [0.25, 0.3) is 0 Å². The van der Waals surface area contributed by atoms with Gasteiger partial charge in [0.2, 0.25) is 0 Å². The van der Waals surface area contributed by atoms with Gasteiger partial charge in [-0.2, -0.15) is 0 Å². The Hall–Kier alpha value is -1.13. The molecule has 0 amide bonds. The molecule has 0 N–H and O–H groups in total. The summed E-state index contributed by atoms with van der Waals surface area (Å²) in [6, 6.07) is 5.08. The van der Waals surface area contributed by atoms with E-state index >= 15 is 0 Å². The van der Waals surface area contributed by atoms with E-state index in [0.29, 0.717) is 0 Å². The second-order valence-electron chi connectivity index (χ2n) is 5.17. The predicted molar refractivity (Wildman–Crippen MR) is 76.4 cm³/mol. The van der Waals surface area contributed by atoms with Gasteiger partial charge in [0.1, 0.15) is 5.02 Å². The van der Waals surface area contributed by atoms with Crippen molar-refractivity contribution in [2.24, 2.45) is 5.92 Å². The van der Waals surface area contributed by atoms with Gasteiger partial charge < -0.3 is 0 Å². The largest absolute Gasteiger partial charge is 0.299 e. The molecule has 1 saturated carbocycles. The summed E-state index contributed by atoms with van der Waals surface area (Å²) >= 11 is 5.82. The zero-order chi connectivity index (χ0) is 13.8. The summed E-state index contributed by atoms with van der Waals surface area (Å²) in [7, 11) is 0. The highest BCUT2D eigenvalue weighted by molar-refractivity contribution is 6.32. The quantitative estimate of drug-likeness (QED) is 0.588. The molecule has 4 nitrogen and oxygen atoms in total. The van der Waals surface area contributed by atoms with Gasteiger partial charge in [-0.05, 0) is 36.9 Å². The lowest BCUT2D eigenvalue weighted by Gasteiger charge is -2.31. The van der Waals surface area contributed by atoms with E-state index < -0.39 is 4.92 Å². The topological polar surface area (TPSA) is 46.4 Å². The van der Waals surface area contributed by atoms with Crippen LogP contribution in [0, 0.1) is 16.0 Å². The molecule has 5 heteroatoms. The van der Waals surface area contributed by atoms with Crippen molar-refractivity contribution in [1.29, 1.82) is 0 Å². The molecule has 1 aromatic rings. The van der Waals surface area contributed by atoms with Crippen molar-refractivity contribution in [2.75, 3.05) is 13.1 Å². The van der Waals surface area contributed by atoms with Gasteiger partial charge in [-0.1, -0.05) is 31.0 Å². The van der Waals surface area contributed by atoms with Gasteiger partial charge in [-0.15, -0.1) is 0 Å². The minimum atomic E-state index is -0.423. The third kappa shape index (κ3) is 3.67. The molecule has 0 spiro atoms. The lowest BCUT2D eigenvalue weighted by molar-refractivity contribution is -0.384. The Kier molecular flexibility index (Phi) is 4.77. The van der Waals surface area contributed by atoms with E-state index in [1.165, 1.54) is 19.3 Å². The van der Waals surface area contributed by atoms with Crippen LogP contribution in [0.3, 0.4) is 0 Å². The molecule has 1 aliphatic rings. The van der Waals surface area contributed by atoms with Gasteiger partial charge in [0.15, 0.2) is 0 Å². The SMILES string of the molecule is CCN(Cc1ccc(Cl)c([N+](=O)[O-])c1)CC1CCC1. The summed E-state index contributed by atoms with van der Waals surface area (Å²) in [5.41, 5.74) is 0.955. The number of rotatable bonds is 6. The first-order valence-corrected chi connectivity index (χ1v) is 7.13. The molecule has 1 fully saturated rings. The fourth-order valence-electron chi connectivity index (χ4n) is 2.40. The monoisotopic (exact) mass is 282 g/mol. The van der Waals surface area contributed by atoms with Crippen molar-refractivity contribution < 1.29 is 4.92 Å². The van der Waals surface area contributed by atoms with Gasteiger partial charge in [-0.3, -0.25) is 15.0 Å². The minimum Gasteiger partial charge on any atom is -0.299 e. The Morgan fingerprint density at radius 3 is 2.74 bits per heavy atom. The summed E-state index contributed by atoms with van der Waals surface area (Å²) in [5, 5.41) is 11.1. The smallest absolute Gasteiger partial charge is 0.288 e. The van der Waals surface area contributed by atoms with Gasteiger partial charge in [0, 0.05) is 19.2 Å². The predicted octanol–water partition coefficient (Wildman–Crippen LogP) is 3.87. The summed E-state index contributed by atoms with van der Waals surface area (Å²) in [4.78, 5) is 12.8. The van der Waals surface area contributed by atoms with E-state index in [-0.39, 0.29) is 10.7 Å². The maximum atomic E-state index is 10.9. The molecule has 2 rings (SSSR count). The van der Waals surface area contributed by atoms with Crippen molar-refractivity contribution in [3.05, 3.63) is 38.9 Å². The molecule has 0 aromatic heterocycles. The number of hydrogen-bond donors (Lipinski definition) is 0. The second kappa shape index (κ2) is 6.35. The Bertz CT molecular complexity index is 461. The maximum Gasteiger partial charge on any atom is 0.288 e. The highest BCUT2D eigenvalue weighted by Gasteiger charge is 2.20. The van der Waals surface area contributed by atoms with Crippen molar-refractivity contribution in [3.63, 3.8) is 0 Å². The van der Waals surface area contributed by atoms with Crippen LogP contribution in [-0.2, 0) is 6.54 Å². The van der Waals surface area contributed by atoms with E-state index in [2.05, 4.69) is 11.8 Å². The van der Waals surface area contributed by atoms with Crippen LogP contribution in [0.1, 0.15) is 31.7 Å². The molecule has 1 aliphatic carbocycles. The number of nitro benzene ring substituents is 1. The third-order valence-electron chi connectivity index (χ3n) is 3.80. The van der Waals surface area contributed by atoms with Gasteiger partial charge in [0.25, 0.3) is 5.69 Å². The molecule has 0 unspecified atom stereocenters. The number of hydrogen-bond acceptors (Lipinski definition) is 3. The summed E-state index contributed by atoms with van der Waals surface area (Å²) in [6.07, 6.45) is 3.98. The second-order valence-corrected chi connectivity index (χ2v) is 5.57. The Morgan fingerprint density at radius 1 is 1.47 bits per heavy atom. The average Bonchev–Trinajstić information content (AvgIpc) is 2.33. The first-order chi connectivity index (χ1) is 9.10. The first-order valence-electron chi connectivity index (χ1n) is 6.75. The van der Waals surface area contributed by atoms with E-state index in [1.54, 1.807) is 12.1 Å². The highest BCUT2D eigenvalue weighted by atomic mass is 35.5. The Morgan fingerprint density at radius 2 is 2.21 bits per heavy atom. The normalized spacial score (nSPS) is 15.5. The van der Waals surface area contributed by atoms with E-state index in [9.17, 15) is 10.1 Å². The van der Waals surface area contributed by atoms with E-state index in [4.69, 9.17) is 11.6 Å². The Balaban J connectivity index is 2.03. The minimum absolute atomic E-state index is 0.00105. The summed E-state index contributed by atoms with van der Waals surface area (Å²) in [5.74, 6) is 0.808. The molecule has 1 aromatic carbocycles. The first kappa shape index (κ1) is 14.3. The maximum absolute atomic E-state index is 10.9. The fourth-order valence-corrected chi connectivity index (χ4v) is 2.59. The molecule has 19 heavy (non-hydrogen) atoms. The van der Waals surface area contributed by atoms with Crippen LogP contribution < -0.4 is 0 Å². The summed E-state index contributed by atoms with van der Waals surface area (Å²) in [6.45, 7) is 4.94. The molecule has 104 valence electrons.